The molecule has 43 heavy (non-hydrogen) atoms. The van der Waals surface area contributed by atoms with Crippen molar-refractivity contribution < 1.29 is 14.5 Å². The van der Waals surface area contributed by atoms with E-state index in [1.54, 1.807) is 36.4 Å². The van der Waals surface area contributed by atoms with Crippen molar-refractivity contribution in [2.24, 2.45) is 4.99 Å². The van der Waals surface area contributed by atoms with Gasteiger partial charge in [0.05, 0.1) is 30.6 Å². The molecule has 4 aromatic carbocycles. The van der Waals surface area contributed by atoms with Crippen molar-refractivity contribution in [1.82, 2.24) is 10.3 Å². The van der Waals surface area contributed by atoms with Gasteiger partial charge in [-0.3, -0.25) is 19.7 Å². The number of anilines is 1. The number of carbonyl (C=O) groups excluding carboxylic acids is 2. The second kappa shape index (κ2) is 12.2. The van der Waals surface area contributed by atoms with Gasteiger partial charge in [-0.05, 0) is 78.9 Å². The van der Waals surface area contributed by atoms with Crippen LogP contribution in [0, 0.1) is 17.0 Å². The summed E-state index contributed by atoms with van der Waals surface area (Å²) in [5.74, 6) is -0.526. The van der Waals surface area contributed by atoms with Crippen molar-refractivity contribution >= 4 is 85.2 Å². The molecule has 0 atom stereocenters. The highest BCUT2D eigenvalue weighted by molar-refractivity contribution is 8.18. The van der Waals surface area contributed by atoms with Gasteiger partial charge in [0, 0.05) is 17.3 Å². The lowest BCUT2D eigenvalue weighted by Gasteiger charge is -2.05. The number of hydrogen-bond donors (Lipinski definition) is 2. The van der Waals surface area contributed by atoms with Crippen LogP contribution in [0.5, 0.6) is 0 Å². The van der Waals surface area contributed by atoms with Crippen LogP contribution in [0.2, 0.25) is 0 Å². The molecule has 9 nitrogen and oxygen atoms in total. The van der Waals surface area contributed by atoms with Crippen molar-refractivity contribution in [3.05, 3.63) is 123 Å². The molecule has 1 aliphatic heterocycles. The lowest BCUT2D eigenvalue weighted by Crippen LogP contribution is -2.19. The van der Waals surface area contributed by atoms with Crippen molar-refractivity contribution in [2.75, 3.05) is 5.32 Å². The summed E-state index contributed by atoms with van der Waals surface area (Å²) in [7, 11) is 0. The number of thiazole rings is 1. The van der Waals surface area contributed by atoms with Crippen molar-refractivity contribution in [3.63, 3.8) is 0 Å². The number of benzene rings is 4. The number of amidine groups is 1. The predicted molar refractivity (Wildman–Crippen MR) is 173 cm³/mol. The van der Waals surface area contributed by atoms with Gasteiger partial charge in [0.25, 0.3) is 17.5 Å². The molecule has 0 spiro atoms. The lowest BCUT2D eigenvalue weighted by atomic mass is 10.1. The largest absolute Gasteiger partial charge is 0.322 e. The first-order chi connectivity index (χ1) is 20.8. The van der Waals surface area contributed by atoms with Gasteiger partial charge >= 0.3 is 0 Å². The summed E-state index contributed by atoms with van der Waals surface area (Å²) in [6.07, 6.45) is 1.61. The molecule has 0 saturated carbocycles. The number of thioether (sulfide) groups is 1. The number of aliphatic imine (C=N–C) groups is 1. The molecule has 0 unspecified atom stereocenters. The standard InChI is InChI=1S/C31H21N5O4S3/c1-18-7-10-20(11-8-18)28(37)32-22-12-13-23-26(17-22)43-31(34-23)42-25-14-9-19(15-24(25)36(39)40)16-27-29(38)35-30(41-27)33-21-5-3-2-4-6-21/h2-17H,1H3,(H,32,37)(H,33,35,38)/b27-16-. The number of aromatic nitrogens is 1. The number of nitro benzene ring substituents is 1. The Hall–Kier alpha value is -4.78. The fourth-order valence-corrected chi connectivity index (χ4v) is 7.12. The first kappa shape index (κ1) is 28.3. The molecule has 1 aliphatic rings. The van der Waals surface area contributed by atoms with Gasteiger partial charge < -0.3 is 10.6 Å². The fourth-order valence-electron chi connectivity index (χ4n) is 4.13. The third-order valence-electron chi connectivity index (χ3n) is 6.25. The van der Waals surface area contributed by atoms with E-state index in [-0.39, 0.29) is 17.5 Å². The van der Waals surface area contributed by atoms with Crippen molar-refractivity contribution in [1.29, 1.82) is 0 Å². The van der Waals surface area contributed by atoms with Crippen LogP contribution in [-0.2, 0) is 4.79 Å². The van der Waals surface area contributed by atoms with E-state index in [4.69, 9.17) is 0 Å². The first-order valence-corrected chi connectivity index (χ1v) is 15.4. The van der Waals surface area contributed by atoms with E-state index < -0.39 is 4.92 Å². The van der Waals surface area contributed by atoms with Crippen LogP contribution in [0.4, 0.5) is 17.1 Å². The maximum atomic E-state index is 12.6. The minimum absolute atomic E-state index is 0.0914. The van der Waals surface area contributed by atoms with Gasteiger partial charge in [-0.15, -0.1) is 11.3 Å². The summed E-state index contributed by atoms with van der Waals surface area (Å²) >= 11 is 3.75. The summed E-state index contributed by atoms with van der Waals surface area (Å²) in [5, 5.41) is 18.1. The summed E-state index contributed by atoms with van der Waals surface area (Å²) in [6.45, 7) is 1.96. The normalized spacial score (nSPS) is 14.8. The highest BCUT2D eigenvalue weighted by Crippen LogP contribution is 2.40. The molecular formula is C31H21N5O4S3. The lowest BCUT2D eigenvalue weighted by molar-refractivity contribution is -0.387. The number of amides is 2. The van der Waals surface area contributed by atoms with E-state index in [0.717, 1.165) is 15.8 Å². The van der Waals surface area contributed by atoms with Crippen molar-refractivity contribution in [2.45, 2.75) is 16.2 Å². The Balaban J connectivity index is 1.19. The van der Waals surface area contributed by atoms with Crippen molar-refractivity contribution in [3.8, 4) is 0 Å². The van der Waals surface area contributed by atoms with Crippen LogP contribution in [0.3, 0.4) is 0 Å². The Morgan fingerprint density at radius 3 is 2.60 bits per heavy atom. The van der Waals surface area contributed by atoms with Gasteiger partial charge in [-0.1, -0.05) is 53.7 Å². The third kappa shape index (κ3) is 6.67. The molecule has 1 aromatic heterocycles. The average Bonchev–Trinajstić information content (AvgIpc) is 3.55. The zero-order valence-corrected chi connectivity index (χ0v) is 24.9. The van der Waals surface area contributed by atoms with Gasteiger partial charge in [0.2, 0.25) is 0 Å². The molecule has 0 radical (unpaired) electrons. The van der Waals surface area contributed by atoms with Gasteiger partial charge in [-0.25, -0.2) is 9.98 Å². The molecule has 12 heteroatoms. The number of aryl methyl sites for hydroxylation is 1. The highest BCUT2D eigenvalue weighted by atomic mass is 32.2. The quantitative estimate of drug-likeness (QED) is 0.108. The molecule has 2 N–H and O–H groups in total. The second-order valence-electron chi connectivity index (χ2n) is 9.39. The predicted octanol–water partition coefficient (Wildman–Crippen LogP) is 7.81. The summed E-state index contributed by atoms with van der Waals surface area (Å²) in [4.78, 5) is 46.5. The molecule has 2 amide bonds. The highest BCUT2D eigenvalue weighted by Gasteiger charge is 2.25. The Kier molecular flexibility index (Phi) is 8.05. The summed E-state index contributed by atoms with van der Waals surface area (Å²) in [6, 6.07) is 26.8. The minimum atomic E-state index is -0.444. The van der Waals surface area contributed by atoms with E-state index in [0.29, 0.717) is 41.8 Å². The van der Waals surface area contributed by atoms with E-state index in [1.165, 1.54) is 40.9 Å². The Bertz CT molecular complexity index is 1950. The number of hydrogen-bond acceptors (Lipinski definition) is 9. The van der Waals surface area contributed by atoms with Gasteiger partial charge in [0.15, 0.2) is 9.51 Å². The number of rotatable bonds is 7. The molecule has 2 heterocycles. The number of nitrogens with one attached hydrogen (secondary N) is 2. The molecule has 1 saturated heterocycles. The van der Waals surface area contributed by atoms with Crippen LogP contribution in [0.25, 0.3) is 16.3 Å². The van der Waals surface area contributed by atoms with E-state index in [2.05, 4.69) is 20.6 Å². The SMILES string of the molecule is Cc1ccc(C(=O)Nc2ccc3nc(Sc4ccc(/C=C5\SC(=Nc6ccccc6)NC5=O)cc4[N+](=O)[O-])sc3c2)cc1. The maximum Gasteiger partial charge on any atom is 0.283 e. The molecule has 212 valence electrons. The first-order valence-electron chi connectivity index (χ1n) is 12.9. The second-order valence-corrected chi connectivity index (χ2v) is 12.7. The summed E-state index contributed by atoms with van der Waals surface area (Å²) in [5.41, 5.74) is 4.13. The molecule has 6 rings (SSSR count). The molecule has 0 bridgehead atoms. The molecule has 0 aliphatic carbocycles. The summed E-state index contributed by atoms with van der Waals surface area (Å²) < 4.78 is 1.46. The van der Waals surface area contributed by atoms with Crippen LogP contribution >= 0.6 is 34.9 Å². The zero-order chi connectivity index (χ0) is 29.9. The fraction of sp³-hybridized carbons (Fsp3) is 0.0323. The molecule has 1 fully saturated rings. The Labute approximate surface area is 258 Å². The number of nitro groups is 1. The number of para-hydroxylation sites is 1. The van der Waals surface area contributed by atoms with Crippen LogP contribution in [0.15, 0.2) is 110 Å². The van der Waals surface area contributed by atoms with E-state index in [1.807, 2.05) is 61.5 Å². The molecule has 5 aromatic rings. The minimum Gasteiger partial charge on any atom is -0.322 e. The maximum absolute atomic E-state index is 12.6. The van der Waals surface area contributed by atoms with Crippen LogP contribution in [-0.4, -0.2) is 26.9 Å². The number of carbonyl (C=O) groups is 2. The molecular weight excluding hydrogens is 603 g/mol. The topological polar surface area (TPSA) is 127 Å². The average molecular weight is 624 g/mol. The third-order valence-corrected chi connectivity index (χ3v) is 9.31. The monoisotopic (exact) mass is 623 g/mol. The van der Waals surface area contributed by atoms with Gasteiger partial charge in [0.1, 0.15) is 0 Å². The van der Waals surface area contributed by atoms with Gasteiger partial charge in [-0.2, -0.15) is 0 Å². The van der Waals surface area contributed by atoms with Crippen LogP contribution in [0.1, 0.15) is 21.5 Å². The van der Waals surface area contributed by atoms with E-state index in [9.17, 15) is 19.7 Å². The number of fused-ring (bicyclic) bond motifs is 1. The smallest absolute Gasteiger partial charge is 0.283 e. The number of nitrogens with zero attached hydrogens (tertiary/aromatic N) is 3. The zero-order valence-electron chi connectivity index (χ0n) is 22.4. The van der Waals surface area contributed by atoms with E-state index >= 15 is 0 Å². The Morgan fingerprint density at radius 2 is 1.84 bits per heavy atom. The van der Waals surface area contributed by atoms with Crippen LogP contribution < -0.4 is 10.6 Å². The Morgan fingerprint density at radius 1 is 1.05 bits per heavy atom.